The van der Waals surface area contributed by atoms with E-state index in [0.717, 1.165) is 19.3 Å². The molecule has 0 rings (SSSR count). The van der Waals surface area contributed by atoms with E-state index in [1.807, 2.05) is 0 Å². The van der Waals surface area contributed by atoms with E-state index in [0.29, 0.717) is 6.42 Å². The molecule has 0 aromatic heterocycles. The number of hydrogen-bond donors (Lipinski definition) is 0. The number of halogens is 2. The molecular formula is C25H46F2O2. The molecule has 4 heteroatoms. The Bertz CT molecular complexity index is 421. The largest absolute Gasteiger partial charge is 0.466 e. The molecule has 0 bridgehead atoms. The van der Waals surface area contributed by atoms with E-state index in [2.05, 4.69) is 13.5 Å². The fraction of sp³-hybridized carbons (Fsp3) is 0.880. The number of hydrogen-bond acceptors (Lipinski definition) is 2. The summed E-state index contributed by atoms with van der Waals surface area (Å²) in [5.41, 5.74) is -0.146. The molecule has 0 N–H and O–H groups in total. The van der Waals surface area contributed by atoms with Gasteiger partial charge in [0.25, 0.3) is 5.92 Å². The summed E-state index contributed by atoms with van der Waals surface area (Å²) in [6, 6.07) is 0. The van der Waals surface area contributed by atoms with Gasteiger partial charge in [-0.05, 0) is 25.3 Å². The first-order valence-electron chi connectivity index (χ1n) is 12.1. The number of esters is 1. The highest BCUT2D eigenvalue weighted by Gasteiger charge is 2.33. The fourth-order valence-corrected chi connectivity index (χ4v) is 3.61. The van der Waals surface area contributed by atoms with Gasteiger partial charge in [0.15, 0.2) is 0 Å². The van der Waals surface area contributed by atoms with Gasteiger partial charge in [-0.15, -0.1) is 0 Å². The molecule has 0 radical (unpaired) electrons. The van der Waals surface area contributed by atoms with Gasteiger partial charge in [0, 0.05) is 6.42 Å². The molecule has 1 unspecified atom stereocenters. The normalized spacial score (nSPS) is 12.7. The van der Waals surface area contributed by atoms with Crippen molar-refractivity contribution >= 4 is 5.97 Å². The van der Waals surface area contributed by atoms with Crippen molar-refractivity contribution < 1.29 is 18.3 Å². The molecule has 0 fully saturated rings. The van der Waals surface area contributed by atoms with Crippen LogP contribution >= 0.6 is 0 Å². The van der Waals surface area contributed by atoms with Crippen molar-refractivity contribution in [2.45, 2.75) is 129 Å². The smallest absolute Gasteiger partial charge is 0.308 e. The Kier molecular flexibility index (Phi) is 17.3. The van der Waals surface area contributed by atoms with Crippen molar-refractivity contribution in [3.63, 3.8) is 0 Å². The predicted octanol–water partition coefficient (Wildman–Crippen LogP) is 8.64. The minimum absolute atomic E-state index is 0.00949. The van der Waals surface area contributed by atoms with Gasteiger partial charge in [0.2, 0.25) is 0 Å². The summed E-state index contributed by atoms with van der Waals surface area (Å²) in [5.74, 6) is -3.89. The molecule has 172 valence electrons. The zero-order chi connectivity index (χ0) is 22.0. The van der Waals surface area contributed by atoms with Crippen LogP contribution in [0.4, 0.5) is 8.78 Å². The third-order valence-corrected chi connectivity index (χ3v) is 5.60. The van der Waals surface area contributed by atoms with Gasteiger partial charge in [0.1, 0.15) is 0 Å². The van der Waals surface area contributed by atoms with Crippen LogP contribution in [0.2, 0.25) is 0 Å². The average Bonchev–Trinajstić information content (AvgIpc) is 2.68. The molecule has 0 aliphatic heterocycles. The first kappa shape index (κ1) is 28.1. The van der Waals surface area contributed by atoms with Crippen LogP contribution in [0.5, 0.6) is 0 Å². The maximum atomic E-state index is 14.2. The van der Waals surface area contributed by atoms with Crippen LogP contribution in [0.25, 0.3) is 0 Å². The molecule has 1 atom stereocenters. The number of alkyl halides is 2. The first-order valence-corrected chi connectivity index (χ1v) is 12.1. The highest BCUT2D eigenvalue weighted by atomic mass is 19.3. The van der Waals surface area contributed by atoms with E-state index in [1.165, 1.54) is 64.2 Å². The van der Waals surface area contributed by atoms with E-state index in [9.17, 15) is 13.6 Å². The highest BCUT2D eigenvalue weighted by Crippen LogP contribution is 2.33. The SMILES string of the molecule is C=C(CC(C)C(=O)OCC)C(F)(F)CCCCCCCCCCCCCCCC. The topological polar surface area (TPSA) is 26.3 Å². The molecule has 0 spiro atoms. The molecule has 0 heterocycles. The van der Waals surface area contributed by atoms with E-state index in [1.54, 1.807) is 13.8 Å². The third kappa shape index (κ3) is 15.6. The number of unbranched alkanes of at least 4 members (excludes halogenated alkanes) is 13. The van der Waals surface area contributed by atoms with Gasteiger partial charge in [-0.25, -0.2) is 8.78 Å². The standard InChI is InChI=1S/C25H46F2O2/c1-5-7-8-9-10-11-12-13-14-15-16-17-18-19-20-25(26,27)23(4)21-22(3)24(28)29-6-2/h22H,4-21H2,1-3H3. The Morgan fingerprint density at radius 2 is 1.24 bits per heavy atom. The second kappa shape index (κ2) is 17.9. The number of rotatable bonds is 20. The van der Waals surface area contributed by atoms with Crippen molar-refractivity contribution in [1.29, 1.82) is 0 Å². The van der Waals surface area contributed by atoms with Crippen molar-refractivity contribution in [3.8, 4) is 0 Å². The number of allylic oxidation sites excluding steroid dienone is 1. The lowest BCUT2D eigenvalue weighted by molar-refractivity contribution is -0.147. The lowest BCUT2D eigenvalue weighted by atomic mass is 9.94. The lowest BCUT2D eigenvalue weighted by Crippen LogP contribution is -2.23. The summed E-state index contributed by atoms with van der Waals surface area (Å²) >= 11 is 0. The van der Waals surface area contributed by atoms with Crippen LogP contribution in [0.3, 0.4) is 0 Å². The molecule has 0 aromatic carbocycles. The quantitative estimate of drug-likeness (QED) is 0.113. The molecular weight excluding hydrogens is 370 g/mol. The van der Waals surface area contributed by atoms with Crippen molar-refractivity contribution in [2.75, 3.05) is 6.61 Å². The Hall–Kier alpha value is -0.930. The lowest BCUT2D eigenvalue weighted by Gasteiger charge is -2.21. The van der Waals surface area contributed by atoms with Gasteiger partial charge in [-0.1, -0.05) is 104 Å². The van der Waals surface area contributed by atoms with Crippen molar-refractivity contribution in [3.05, 3.63) is 12.2 Å². The van der Waals surface area contributed by atoms with Gasteiger partial charge in [0.05, 0.1) is 12.5 Å². The van der Waals surface area contributed by atoms with Crippen molar-refractivity contribution in [2.24, 2.45) is 5.92 Å². The summed E-state index contributed by atoms with van der Waals surface area (Å²) in [6.07, 6.45) is 16.7. The first-order chi connectivity index (χ1) is 13.8. The monoisotopic (exact) mass is 416 g/mol. The molecule has 29 heavy (non-hydrogen) atoms. The molecule has 2 nitrogen and oxygen atoms in total. The van der Waals surface area contributed by atoms with Crippen LogP contribution in [0.15, 0.2) is 12.2 Å². The van der Waals surface area contributed by atoms with Crippen LogP contribution in [0.1, 0.15) is 124 Å². The zero-order valence-electron chi connectivity index (χ0n) is 19.4. The van der Waals surface area contributed by atoms with E-state index in [4.69, 9.17) is 4.74 Å². The van der Waals surface area contributed by atoms with Crippen LogP contribution in [-0.2, 0) is 9.53 Å². The summed E-state index contributed by atoms with van der Waals surface area (Å²) in [4.78, 5) is 11.6. The van der Waals surface area contributed by atoms with Gasteiger partial charge >= 0.3 is 5.97 Å². The molecule has 0 aliphatic rings. The number of ether oxygens (including phenoxy) is 1. The van der Waals surface area contributed by atoms with Crippen LogP contribution in [0, 0.1) is 5.92 Å². The van der Waals surface area contributed by atoms with Crippen molar-refractivity contribution in [1.82, 2.24) is 0 Å². The Morgan fingerprint density at radius 1 is 0.828 bits per heavy atom. The summed E-state index contributed by atoms with van der Waals surface area (Å²) in [5, 5.41) is 0. The maximum absolute atomic E-state index is 14.2. The average molecular weight is 417 g/mol. The third-order valence-electron chi connectivity index (χ3n) is 5.60. The van der Waals surface area contributed by atoms with E-state index in [-0.39, 0.29) is 25.0 Å². The zero-order valence-corrected chi connectivity index (χ0v) is 19.4. The minimum Gasteiger partial charge on any atom is -0.466 e. The molecule has 0 saturated heterocycles. The minimum atomic E-state index is -2.89. The highest BCUT2D eigenvalue weighted by molar-refractivity contribution is 5.72. The Labute approximate surface area is 178 Å². The van der Waals surface area contributed by atoms with Gasteiger partial charge < -0.3 is 4.74 Å². The maximum Gasteiger partial charge on any atom is 0.308 e. The van der Waals surface area contributed by atoms with E-state index < -0.39 is 17.8 Å². The second-order valence-corrected chi connectivity index (χ2v) is 8.51. The van der Waals surface area contributed by atoms with Crippen LogP contribution in [-0.4, -0.2) is 18.5 Å². The summed E-state index contributed by atoms with van der Waals surface area (Å²) < 4.78 is 33.3. The number of carbonyl (C=O) groups is 1. The fourth-order valence-electron chi connectivity index (χ4n) is 3.61. The van der Waals surface area contributed by atoms with Crippen LogP contribution < -0.4 is 0 Å². The second-order valence-electron chi connectivity index (χ2n) is 8.51. The molecule has 0 saturated carbocycles. The summed E-state index contributed by atoms with van der Waals surface area (Å²) in [7, 11) is 0. The summed E-state index contributed by atoms with van der Waals surface area (Å²) in [6.45, 7) is 9.38. The molecule has 0 aromatic rings. The molecule has 0 amide bonds. The predicted molar refractivity (Wildman–Crippen MR) is 119 cm³/mol. The Morgan fingerprint density at radius 3 is 1.66 bits per heavy atom. The molecule has 0 aliphatic carbocycles. The van der Waals surface area contributed by atoms with E-state index >= 15 is 0 Å². The van der Waals surface area contributed by atoms with Gasteiger partial charge in [-0.2, -0.15) is 0 Å². The van der Waals surface area contributed by atoms with Gasteiger partial charge in [-0.3, -0.25) is 4.79 Å². The Balaban J connectivity index is 3.63. The number of carbonyl (C=O) groups excluding carboxylic acids is 1.